The van der Waals surface area contributed by atoms with E-state index in [4.69, 9.17) is 28.8 Å². The van der Waals surface area contributed by atoms with Crippen molar-refractivity contribution in [1.29, 1.82) is 0 Å². The third-order valence-electron chi connectivity index (χ3n) is 6.62. The first-order valence-electron chi connectivity index (χ1n) is 11.9. The molecule has 23 heteroatoms. The second-order valence-corrected chi connectivity index (χ2v) is 14.4. The van der Waals surface area contributed by atoms with Gasteiger partial charge in [0.15, 0.2) is 43.1 Å². The zero-order valence-corrected chi connectivity index (χ0v) is 23.3. The Hall–Kier alpha value is -2.58. The molecule has 0 saturated carbocycles. The van der Waals surface area contributed by atoms with E-state index in [-0.39, 0.29) is 28.4 Å². The van der Waals surface area contributed by atoms with E-state index in [1.54, 1.807) is 0 Å². The molecule has 10 atom stereocenters. The summed E-state index contributed by atoms with van der Waals surface area (Å²) >= 11 is 0.0951. The molecule has 3 fully saturated rings. The summed E-state index contributed by atoms with van der Waals surface area (Å²) in [6.07, 6.45) is -11.9. The molecule has 0 bridgehead atoms. The van der Waals surface area contributed by atoms with Gasteiger partial charge in [0.1, 0.15) is 30.2 Å². The standard InChI is InChI=1S/C19H21F2N7O11P2S/c20-10-13-7(36-17(10)27-2-1-9(29)26-19(27)30)3-35-40(31,32)38-14-8(4-42-41(33,34)39-13)37-18(11(14)21)28-6-25-12-15(22)23-5-24-16(12)28/h1-2,5-8,10-11,13-14,17-18H,3-4H2,(H,31,32)(H,33,34)(H2,22,23,24)(H,26,29,30)/p-2/t7-,8-,10-,11-,13-,14-,17-,18-/m1/s1. The quantitative estimate of drug-likeness (QED) is 0.311. The summed E-state index contributed by atoms with van der Waals surface area (Å²) < 4.78 is 84.5. The molecule has 6 heterocycles. The SMILES string of the molecule is Nc1ncnc2c1ncn2[C@@H]1O[C@@H]2CSP(=O)([O-])O[C@H]3[C@@H](F)[C@H](n4ccc(=O)[nH]c4=O)O[C@@H]3COP(=O)([O-])O[C@H]2[C@H]1F. The monoisotopic (exact) mass is 653 g/mol. The van der Waals surface area contributed by atoms with E-state index in [2.05, 4.69) is 15.0 Å². The Morgan fingerprint density at radius 1 is 1.02 bits per heavy atom. The molecule has 42 heavy (non-hydrogen) atoms. The first kappa shape index (κ1) is 29.5. The van der Waals surface area contributed by atoms with Crippen LogP contribution in [0.15, 0.2) is 34.5 Å². The number of nitrogens with one attached hydrogen (secondary N) is 1. The Bertz CT molecular complexity index is 1730. The number of nitrogens with two attached hydrogens (primary N) is 1. The second kappa shape index (κ2) is 10.8. The molecule has 18 nitrogen and oxygen atoms in total. The number of imidazole rings is 1. The Morgan fingerprint density at radius 2 is 1.71 bits per heavy atom. The van der Waals surface area contributed by atoms with E-state index in [9.17, 15) is 28.5 Å². The molecular formula is C19H19F2N7O11P2S-2. The van der Waals surface area contributed by atoms with Gasteiger partial charge >= 0.3 is 5.69 Å². The van der Waals surface area contributed by atoms with Crippen molar-refractivity contribution in [3.8, 4) is 0 Å². The summed E-state index contributed by atoms with van der Waals surface area (Å²) in [5.74, 6) is -0.636. The molecule has 0 aromatic carbocycles. The number of alkyl halides is 2. The Kier molecular flexibility index (Phi) is 7.62. The molecule has 0 radical (unpaired) electrons. The molecule has 3 aromatic rings. The van der Waals surface area contributed by atoms with Crippen molar-refractivity contribution in [2.45, 2.75) is 49.2 Å². The van der Waals surface area contributed by atoms with E-state index in [0.29, 0.717) is 4.57 Å². The van der Waals surface area contributed by atoms with Gasteiger partial charge in [-0.3, -0.25) is 28.0 Å². The highest BCUT2D eigenvalue weighted by molar-refractivity contribution is 8.54. The van der Waals surface area contributed by atoms with Gasteiger partial charge in [-0.1, -0.05) is 11.4 Å². The van der Waals surface area contributed by atoms with Gasteiger partial charge in [0.25, 0.3) is 13.4 Å². The van der Waals surface area contributed by atoms with E-state index in [0.717, 1.165) is 29.5 Å². The van der Waals surface area contributed by atoms with Crippen LogP contribution in [0.2, 0.25) is 0 Å². The van der Waals surface area contributed by atoms with Crippen molar-refractivity contribution in [2.75, 3.05) is 18.1 Å². The molecule has 6 rings (SSSR count). The van der Waals surface area contributed by atoms with Crippen LogP contribution in [-0.4, -0.2) is 78.2 Å². The van der Waals surface area contributed by atoms with Gasteiger partial charge in [0.05, 0.1) is 19.0 Å². The molecule has 0 spiro atoms. The zero-order valence-electron chi connectivity index (χ0n) is 20.7. The second-order valence-electron chi connectivity index (χ2n) is 9.25. The molecule has 3 N–H and O–H groups in total. The third kappa shape index (κ3) is 5.45. The summed E-state index contributed by atoms with van der Waals surface area (Å²) in [4.78, 5) is 62.9. The minimum Gasteiger partial charge on any atom is -0.770 e. The molecule has 3 aliphatic rings. The zero-order chi connectivity index (χ0) is 30.0. The summed E-state index contributed by atoms with van der Waals surface area (Å²) in [6.45, 7) is -6.06. The Balaban J connectivity index is 1.28. The van der Waals surface area contributed by atoms with Gasteiger partial charge in [-0.25, -0.2) is 28.5 Å². The van der Waals surface area contributed by atoms with E-state index in [1.165, 1.54) is 0 Å². The number of rotatable bonds is 2. The first-order valence-corrected chi connectivity index (χ1v) is 16.5. The van der Waals surface area contributed by atoms with Crippen LogP contribution in [0.3, 0.4) is 0 Å². The minimum atomic E-state index is -5.38. The Labute approximate surface area is 236 Å². The molecule has 3 saturated heterocycles. The third-order valence-corrected chi connectivity index (χ3v) is 10.5. The fourth-order valence-electron chi connectivity index (χ4n) is 4.73. The number of nitrogen functional groups attached to an aromatic ring is 1. The van der Waals surface area contributed by atoms with Crippen molar-refractivity contribution in [1.82, 2.24) is 29.1 Å². The molecular weight excluding hydrogens is 634 g/mol. The van der Waals surface area contributed by atoms with Crippen LogP contribution >= 0.6 is 26.0 Å². The lowest BCUT2D eigenvalue weighted by atomic mass is 10.1. The fraction of sp³-hybridized carbons (Fsp3) is 0.526. The number of nitrogens with zero attached hydrogens (tertiary/aromatic N) is 5. The number of hydrogen-bond acceptors (Lipinski definition) is 16. The number of anilines is 1. The van der Waals surface area contributed by atoms with Crippen molar-refractivity contribution in [3.05, 3.63) is 45.8 Å². The van der Waals surface area contributed by atoms with Crippen LogP contribution in [-0.2, 0) is 32.2 Å². The molecule has 228 valence electrons. The predicted molar refractivity (Wildman–Crippen MR) is 132 cm³/mol. The lowest BCUT2D eigenvalue weighted by Crippen LogP contribution is -2.38. The number of fused-ring (bicyclic) bond motifs is 3. The largest absolute Gasteiger partial charge is 0.770 e. The smallest absolute Gasteiger partial charge is 0.330 e. The number of phosphoric acid groups is 1. The van der Waals surface area contributed by atoms with Crippen LogP contribution in [0.5, 0.6) is 0 Å². The van der Waals surface area contributed by atoms with Gasteiger partial charge < -0.3 is 38.6 Å². The lowest BCUT2D eigenvalue weighted by Gasteiger charge is -2.34. The number of halogens is 2. The topological polar surface area (TPSA) is 251 Å². The average Bonchev–Trinajstić information content (AvgIpc) is 3.57. The van der Waals surface area contributed by atoms with Crippen molar-refractivity contribution in [2.24, 2.45) is 0 Å². The van der Waals surface area contributed by atoms with E-state index < -0.39 is 87.4 Å². The number of hydrogen-bond donors (Lipinski definition) is 2. The van der Waals surface area contributed by atoms with Gasteiger partial charge in [0, 0.05) is 18.0 Å². The summed E-state index contributed by atoms with van der Waals surface area (Å²) in [7, 11) is -5.38. The highest BCUT2D eigenvalue weighted by Crippen LogP contribution is 2.57. The fourth-order valence-corrected chi connectivity index (χ4v) is 8.35. The van der Waals surface area contributed by atoms with E-state index >= 15 is 8.78 Å². The Morgan fingerprint density at radius 3 is 2.45 bits per heavy atom. The number of phosphoric ester groups is 1. The highest BCUT2D eigenvalue weighted by atomic mass is 32.7. The van der Waals surface area contributed by atoms with E-state index in [1.807, 2.05) is 4.98 Å². The van der Waals surface area contributed by atoms with Crippen LogP contribution in [0.1, 0.15) is 12.5 Å². The van der Waals surface area contributed by atoms with Gasteiger partial charge in [-0.05, 0) is 0 Å². The van der Waals surface area contributed by atoms with Gasteiger partial charge in [0.2, 0.25) is 0 Å². The maximum atomic E-state index is 15.7. The van der Waals surface area contributed by atoms with Crippen LogP contribution in [0.25, 0.3) is 11.2 Å². The maximum Gasteiger partial charge on any atom is 0.330 e. The van der Waals surface area contributed by atoms with Crippen molar-refractivity contribution < 1.29 is 50.7 Å². The molecule has 0 aliphatic carbocycles. The summed E-state index contributed by atoms with van der Waals surface area (Å²) in [5, 5.41) is 0. The minimum absolute atomic E-state index is 0.0149. The van der Waals surface area contributed by atoms with Gasteiger partial charge in [-0.2, -0.15) is 0 Å². The van der Waals surface area contributed by atoms with Crippen LogP contribution < -0.4 is 26.8 Å². The normalized spacial score (nSPS) is 39.3. The van der Waals surface area contributed by atoms with Gasteiger partial charge in [-0.15, -0.1) is 0 Å². The number of H-pyrrole nitrogens is 1. The number of ether oxygens (including phenoxy) is 2. The van der Waals surface area contributed by atoms with Crippen molar-refractivity contribution in [3.63, 3.8) is 0 Å². The predicted octanol–water partition coefficient (Wildman–Crippen LogP) is -1.10. The first-order chi connectivity index (χ1) is 19.8. The number of aromatic amines is 1. The highest BCUT2D eigenvalue weighted by Gasteiger charge is 2.52. The van der Waals surface area contributed by atoms with Crippen LogP contribution in [0.4, 0.5) is 14.6 Å². The van der Waals surface area contributed by atoms with Crippen molar-refractivity contribution >= 4 is 43.0 Å². The lowest BCUT2D eigenvalue weighted by molar-refractivity contribution is -0.235. The molecule has 2 unspecified atom stereocenters. The number of aromatic nitrogens is 6. The summed E-state index contributed by atoms with van der Waals surface area (Å²) in [5.41, 5.74) is 4.05. The van der Waals surface area contributed by atoms with Crippen LogP contribution in [0, 0.1) is 0 Å². The molecule has 3 aromatic heterocycles. The summed E-state index contributed by atoms with van der Waals surface area (Å²) in [6, 6.07) is 0.890. The average molecular weight is 653 g/mol. The molecule has 3 aliphatic heterocycles. The molecule has 0 amide bonds. The maximum absolute atomic E-state index is 15.7.